The van der Waals surface area contributed by atoms with Gasteiger partial charge in [0.2, 0.25) is 5.91 Å². The molecule has 0 saturated carbocycles. The number of nitrogen functional groups attached to an aromatic ring is 1. The normalized spacial score (nSPS) is 10.8. The van der Waals surface area contributed by atoms with E-state index in [9.17, 15) is 4.79 Å². The van der Waals surface area contributed by atoms with E-state index in [2.05, 4.69) is 15.3 Å². The first-order valence-corrected chi connectivity index (χ1v) is 7.67. The molecule has 0 aliphatic heterocycles. The van der Waals surface area contributed by atoms with E-state index >= 15 is 0 Å². The minimum Gasteiger partial charge on any atom is -0.375 e. The maximum Gasteiger partial charge on any atom is 0.230 e. The summed E-state index contributed by atoms with van der Waals surface area (Å²) in [6.45, 7) is 1.97. The van der Waals surface area contributed by atoms with Gasteiger partial charge in [0.05, 0.1) is 27.3 Å². The molecule has 0 bridgehead atoms. The Kier molecular flexibility index (Phi) is 3.37. The van der Waals surface area contributed by atoms with Gasteiger partial charge in [-0.1, -0.05) is 0 Å². The van der Waals surface area contributed by atoms with Crippen LogP contribution in [0.3, 0.4) is 0 Å². The molecule has 1 amide bonds. The van der Waals surface area contributed by atoms with E-state index in [1.54, 1.807) is 16.7 Å². The van der Waals surface area contributed by atoms with E-state index < -0.39 is 0 Å². The Morgan fingerprint density at radius 2 is 2.25 bits per heavy atom. The molecule has 3 aromatic rings. The zero-order chi connectivity index (χ0) is 14.1. The average molecular weight is 304 g/mol. The van der Waals surface area contributed by atoms with Crippen LogP contribution in [0.15, 0.2) is 23.6 Å². The third-order valence-electron chi connectivity index (χ3n) is 2.69. The number of carbonyl (C=O) groups is 1. The molecule has 2 heterocycles. The molecule has 0 radical (unpaired) electrons. The smallest absolute Gasteiger partial charge is 0.230 e. The highest BCUT2D eigenvalue weighted by molar-refractivity contribution is 7.18. The van der Waals surface area contributed by atoms with Crippen LogP contribution in [0.4, 0.5) is 10.8 Å². The Bertz CT molecular complexity index is 778. The van der Waals surface area contributed by atoms with Gasteiger partial charge in [-0.3, -0.25) is 4.79 Å². The Hall–Kier alpha value is -1.99. The second kappa shape index (κ2) is 5.18. The van der Waals surface area contributed by atoms with Gasteiger partial charge in [0.25, 0.3) is 0 Å². The number of nitrogens with two attached hydrogens (primary N) is 1. The molecule has 2 aromatic heterocycles. The monoisotopic (exact) mass is 304 g/mol. The molecule has 0 atom stereocenters. The van der Waals surface area contributed by atoms with Gasteiger partial charge in [0.15, 0.2) is 5.13 Å². The molecule has 7 heteroatoms. The third-order valence-corrected chi connectivity index (χ3v) is 4.35. The number of benzene rings is 1. The van der Waals surface area contributed by atoms with Crippen molar-refractivity contribution in [2.24, 2.45) is 0 Å². The molecule has 3 N–H and O–H groups in total. The van der Waals surface area contributed by atoms with Gasteiger partial charge in [-0.25, -0.2) is 9.97 Å². The molecule has 0 fully saturated rings. The van der Waals surface area contributed by atoms with Gasteiger partial charge in [0, 0.05) is 11.1 Å². The van der Waals surface area contributed by atoms with Crippen LogP contribution in [0.1, 0.15) is 10.7 Å². The maximum atomic E-state index is 11.9. The number of rotatable bonds is 3. The molecule has 0 aliphatic carbocycles. The molecule has 0 spiro atoms. The van der Waals surface area contributed by atoms with Crippen molar-refractivity contribution in [2.75, 3.05) is 11.1 Å². The lowest BCUT2D eigenvalue weighted by Crippen LogP contribution is -2.14. The quantitative estimate of drug-likeness (QED) is 0.779. The summed E-state index contributed by atoms with van der Waals surface area (Å²) in [4.78, 5) is 20.4. The fourth-order valence-electron chi connectivity index (χ4n) is 1.89. The predicted molar refractivity (Wildman–Crippen MR) is 83.2 cm³/mol. The molecule has 0 saturated heterocycles. The van der Waals surface area contributed by atoms with Crippen molar-refractivity contribution in [3.05, 3.63) is 34.3 Å². The first-order valence-electron chi connectivity index (χ1n) is 5.97. The molecule has 1 aromatic carbocycles. The number of aromatic nitrogens is 2. The zero-order valence-corrected chi connectivity index (χ0v) is 12.3. The lowest BCUT2D eigenvalue weighted by Gasteiger charge is -2.03. The molecule has 5 nitrogen and oxygen atoms in total. The van der Waals surface area contributed by atoms with Crippen LogP contribution in [0.5, 0.6) is 0 Å². The second-order valence-electron chi connectivity index (χ2n) is 4.32. The van der Waals surface area contributed by atoms with Crippen LogP contribution in [-0.2, 0) is 11.2 Å². The topological polar surface area (TPSA) is 80.9 Å². The average Bonchev–Trinajstić information content (AvgIpc) is 2.93. The number of nitrogens with zero attached hydrogens (tertiary/aromatic N) is 2. The maximum absolute atomic E-state index is 11.9. The highest BCUT2D eigenvalue weighted by Gasteiger charge is 2.08. The number of amides is 1. The van der Waals surface area contributed by atoms with Crippen LogP contribution < -0.4 is 11.1 Å². The van der Waals surface area contributed by atoms with Crippen molar-refractivity contribution >= 4 is 49.6 Å². The Morgan fingerprint density at radius 1 is 1.40 bits per heavy atom. The minimum absolute atomic E-state index is 0.101. The number of hydrogen-bond acceptors (Lipinski definition) is 6. The Labute approximate surface area is 123 Å². The van der Waals surface area contributed by atoms with Crippen LogP contribution in [0.2, 0.25) is 0 Å². The second-order valence-corrected chi connectivity index (χ2v) is 6.44. The number of carbonyl (C=O) groups excluding carboxylic acids is 1. The van der Waals surface area contributed by atoms with E-state index in [1.165, 1.54) is 11.3 Å². The van der Waals surface area contributed by atoms with Gasteiger partial charge in [-0.2, -0.15) is 0 Å². The molecular formula is C13H12N4OS2. The summed E-state index contributed by atoms with van der Waals surface area (Å²) < 4.78 is 1.07. The summed E-state index contributed by atoms with van der Waals surface area (Å²) in [6.07, 6.45) is 0.230. The van der Waals surface area contributed by atoms with Gasteiger partial charge in [-0.05, 0) is 25.1 Å². The number of nitrogens with one attached hydrogen (secondary N) is 1. The van der Waals surface area contributed by atoms with Crippen molar-refractivity contribution in [3.63, 3.8) is 0 Å². The number of hydrogen-bond donors (Lipinski definition) is 2. The summed E-state index contributed by atoms with van der Waals surface area (Å²) in [5.41, 5.74) is 7.96. The van der Waals surface area contributed by atoms with Crippen LogP contribution in [0.25, 0.3) is 10.2 Å². The SMILES string of the molecule is Cc1nc2ccc(NC(=O)Cc3csc(N)n3)cc2s1. The van der Waals surface area contributed by atoms with E-state index in [4.69, 9.17) is 5.73 Å². The van der Waals surface area contributed by atoms with Gasteiger partial charge in [-0.15, -0.1) is 22.7 Å². The highest BCUT2D eigenvalue weighted by atomic mass is 32.1. The van der Waals surface area contributed by atoms with E-state index in [0.29, 0.717) is 10.8 Å². The van der Waals surface area contributed by atoms with Crippen LogP contribution in [0, 0.1) is 6.92 Å². The fraction of sp³-hybridized carbons (Fsp3) is 0.154. The lowest BCUT2D eigenvalue weighted by atomic mass is 10.2. The zero-order valence-electron chi connectivity index (χ0n) is 10.7. The standard InChI is InChI=1S/C13H12N4OS2/c1-7-15-10-3-2-8(4-11(10)20-7)16-12(18)5-9-6-19-13(14)17-9/h2-4,6H,5H2,1H3,(H2,14,17)(H,16,18). The molecule has 0 unspecified atom stereocenters. The number of anilines is 2. The Balaban J connectivity index is 1.73. The summed E-state index contributed by atoms with van der Waals surface area (Å²) in [5, 5.41) is 6.16. The summed E-state index contributed by atoms with van der Waals surface area (Å²) >= 11 is 2.95. The summed E-state index contributed by atoms with van der Waals surface area (Å²) in [7, 11) is 0. The van der Waals surface area contributed by atoms with E-state index in [0.717, 1.165) is 20.9 Å². The molecule has 3 rings (SSSR count). The first-order chi connectivity index (χ1) is 9.60. The first kappa shape index (κ1) is 13.0. The van der Waals surface area contributed by atoms with Crippen LogP contribution in [-0.4, -0.2) is 15.9 Å². The Morgan fingerprint density at radius 3 is 3.00 bits per heavy atom. The molecule has 0 aliphatic rings. The molecular weight excluding hydrogens is 292 g/mol. The van der Waals surface area contributed by atoms with Crippen LogP contribution >= 0.6 is 22.7 Å². The number of aryl methyl sites for hydroxylation is 1. The molecule has 20 heavy (non-hydrogen) atoms. The van der Waals surface area contributed by atoms with Crippen molar-refractivity contribution in [2.45, 2.75) is 13.3 Å². The van der Waals surface area contributed by atoms with Gasteiger partial charge in [0.1, 0.15) is 0 Å². The van der Waals surface area contributed by atoms with Crippen molar-refractivity contribution in [1.82, 2.24) is 9.97 Å². The molecule has 102 valence electrons. The lowest BCUT2D eigenvalue weighted by molar-refractivity contribution is -0.115. The highest BCUT2D eigenvalue weighted by Crippen LogP contribution is 2.24. The summed E-state index contributed by atoms with van der Waals surface area (Å²) in [6, 6.07) is 5.71. The number of thiazole rings is 2. The largest absolute Gasteiger partial charge is 0.375 e. The van der Waals surface area contributed by atoms with E-state index in [1.807, 2.05) is 25.1 Å². The minimum atomic E-state index is -0.101. The van der Waals surface area contributed by atoms with E-state index in [-0.39, 0.29) is 12.3 Å². The summed E-state index contributed by atoms with van der Waals surface area (Å²) in [5.74, 6) is -0.101. The van der Waals surface area contributed by atoms with Crippen molar-refractivity contribution < 1.29 is 4.79 Å². The van der Waals surface area contributed by atoms with Gasteiger partial charge >= 0.3 is 0 Å². The number of fused-ring (bicyclic) bond motifs is 1. The van der Waals surface area contributed by atoms with Crippen molar-refractivity contribution in [1.29, 1.82) is 0 Å². The fourth-order valence-corrected chi connectivity index (χ4v) is 3.32. The third kappa shape index (κ3) is 2.78. The van der Waals surface area contributed by atoms with Crippen molar-refractivity contribution in [3.8, 4) is 0 Å². The van der Waals surface area contributed by atoms with Gasteiger partial charge < -0.3 is 11.1 Å². The predicted octanol–water partition coefficient (Wildman–Crippen LogP) is 2.82.